The third-order valence-electron chi connectivity index (χ3n) is 1.70. The van der Waals surface area contributed by atoms with Crippen LogP contribution in [0, 0.1) is 5.82 Å². The monoisotopic (exact) mass is 266 g/mol. The first kappa shape index (κ1) is 14.4. The molecule has 18 heavy (non-hydrogen) atoms. The number of halogens is 4. The van der Waals surface area contributed by atoms with Crippen LogP contribution >= 0.6 is 0 Å². The molecule has 0 bridgehead atoms. The molecule has 1 aromatic rings. The standard InChI is InChI=1S/C10H10F4N2O2/c11-7-1-3-8(4-2-7)16-9(17)5-15-18-6-10(12,13)14/h1-4,15H,5-6H2,(H,16,17). The maximum Gasteiger partial charge on any atom is 0.413 e. The van der Waals surface area contributed by atoms with Gasteiger partial charge in [-0.3, -0.25) is 9.63 Å². The molecule has 2 N–H and O–H groups in total. The highest BCUT2D eigenvalue weighted by Crippen LogP contribution is 2.13. The van der Waals surface area contributed by atoms with Gasteiger partial charge in [0.2, 0.25) is 5.91 Å². The Labute approximate surface area is 99.9 Å². The lowest BCUT2D eigenvalue weighted by Gasteiger charge is -2.08. The number of benzene rings is 1. The molecule has 4 nitrogen and oxygen atoms in total. The number of carbonyl (C=O) groups excluding carboxylic acids is 1. The summed E-state index contributed by atoms with van der Waals surface area (Å²) in [4.78, 5) is 15.2. The van der Waals surface area contributed by atoms with Gasteiger partial charge < -0.3 is 5.32 Å². The van der Waals surface area contributed by atoms with Gasteiger partial charge in [-0.25, -0.2) is 4.39 Å². The van der Waals surface area contributed by atoms with Crippen LogP contribution in [0.1, 0.15) is 0 Å². The van der Waals surface area contributed by atoms with Crippen LogP contribution in [-0.2, 0) is 9.63 Å². The SMILES string of the molecule is O=C(CNOCC(F)(F)F)Nc1ccc(F)cc1. The Kier molecular flexibility index (Phi) is 5.05. The Balaban J connectivity index is 2.24. The third kappa shape index (κ3) is 6.16. The quantitative estimate of drug-likeness (QED) is 0.486. The van der Waals surface area contributed by atoms with Crippen LogP contribution in [-0.4, -0.2) is 25.2 Å². The molecule has 0 aliphatic rings. The van der Waals surface area contributed by atoms with Crippen molar-refractivity contribution >= 4 is 11.6 Å². The van der Waals surface area contributed by atoms with Crippen molar-refractivity contribution in [2.45, 2.75) is 6.18 Å². The van der Waals surface area contributed by atoms with Crippen molar-refractivity contribution in [1.29, 1.82) is 0 Å². The van der Waals surface area contributed by atoms with Crippen molar-refractivity contribution < 1.29 is 27.2 Å². The summed E-state index contributed by atoms with van der Waals surface area (Å²) in [5, 5.41) is 2.34. The number of amides is 1. The van der Waals surface area contributed by atoms with Gasteiger partial charge in [0.15, 0.2) is 6.61 Å². The molecule has 0 spiro atoms. The summed E-state index contributed by atoms with van der Waals surface area (Å²) < 4.78 is 47.5. The molecular weight excluding hydrogens is 256 g/mol. The van der Waals surface area contributed by atoms with Crippen molar-refractivity contribution in [3.8, 4) is 0 Å². The maximum absolute atomic E-state index is 12.5. The minimum atomic E-state index is -4.46. The van der Waals surface area contributed by atoms with Gasteiger partial charge in [-0.05, 0) is 24.3 Å². The molecule has 100 valence electrons. The first-order chi connectivity index (χ1) is 8.37. The van der Waals surface area contributed by atoms with E-state index in [-0.39, 0.29) is 0 Å². The lowest BCUT2D eigenvalue weighted by Crippen LogP contribution is -2.31. The number of rotatable bonds is 5. The second-order valence-corrected chi connectivity index (χ2v) is 3.28. The van der Waals surface area contributed by atoms with Crippen LogP contribution in [0.2, 0.25) is 0 Å². The van der Waals surface area contributed by atoms with Gasteiger partial charge in [0, 0.05) is 5.69 Å². The molecule has 0 aliphatic carbocycles. The fourth-order valence-electron chi connectivity index (χ4n) is 0.988. The third-order valence-corrected chi connectivity index (χ3v) is 1.70. The lowest BCUT2D eigenvalue weighted by atomic mass is 10.3. The van der Waals surface area contributed by atoms with Gasteiger partial charge in [-0.1, -0.05) is 0 Å². The molecule has 0 saturated heterocycles. The molecule has 0 unspecified atom stereocenters. The second kappa shape index (κ2) is 6.31. The molecule has 0 fully saturated rings. The Morgan fingerprint density at radius 2 is 1.83 bits per heavy atom. The van der Waals surface area contributed by atoms with E-state index in [4.69, 9.17) is 0 Å². The zero-order valence-corrected chi connectivity index (χ0v) is 9.05. The van der Waals surface area contributed by atoms with Gasteiger partial charge in [-0.15, -0.1) is 0 Å². The molecule has 0 saturated carbocycles. The van der Waals surface area contributed by atoms with Crippen LogP contribution in [0.5, 0.6) is 0 Å². The van der Waals surface area contributed by atoms with Gasteiger partial charge in [0.1, 0.15) is 12.4 Å². The fraction of sp³-hybridized carbons (Fsp3) is 0.300. The van der Waals surface area contributed by atoms with E-state index in [1.54, 1.807) is 0 Å². The smallest absolute Gasteiger partial charge is 0.325 e. The van der Waals surface area contributed by atoms with E-state index in [2.05, 4.69) is 10.2 Å². The summed E-state index contributed by atoms with van der Waals surface area (Å²) in [6.07, 6.45) is -4.46. The minimum Gasteiger partial charge on any atom is -0.325 e. The largest absolute Gasteiger partial charge is 0.413 e. The lowest BCUT2D eigenvalue weighted by molar-refractivity contribution is -0.189. The van der Waals surface area contributed by atoms with Crippen LogP contribution in [0.4, 0.5) is 23.2 Å². The van der Waals surface area contributed by atoms with Crippen molar-refractivity contribution in [2.75, 3.05) is 18.5 Å². The number of hydrogen-bond donors (Lipinski definition) is 2. The number of hydrogen-bond acceptors (Lipinski definition) is 3. The van der Waals surface area contributed by atoms with E-state index < -0.39 is 31.1 Å². The molecule has 1 amide bonds. The predicted molar refractivity (Wildman–Crippen MR) is 55.0 cm³/mol. The number of nitrogens with one attached hydrogen (secondary N) is 2. The molecule has 0 atom stereocenters. The van der Waals surface area contributed by atoms with Gasteiger partial charge in [0.05, 0.1) is 0 Å². The van der Waals surface area contributed by atoms with Crippen molar-refractivity contribution in [3.63, 3.8) is 0 Å². The molecule has 0 aliphatic heterocycles. The van der Waals surface area contributed by atoms with E-state index in [1.807, 2.05) is 5.48 Å². The zero-order chi connectivity index (χ0) is 13.6. The highest BCUT2D eigenvalue weighted by Gasteiger charge is 2.27. The highest BCUT2D eigenvalue weighted by atomic mass is 19.4. The Morgan fingerprint density at radius 3 is 2.39 bits per heavy atom. The summed E-state index contributed by atoms with van der Waals surface area (Å²) in [6, 6.07) is 4.93. The van der Waals surface area contributed by atoms with E-state index in [0.717, 1.165) is 12.1 Å². The summed E-state index contributed by atoms with van der Waals surface area (Å²) in [7, 11) is 0. The van der Waals surface area contributed by atoms with Gasteiger partial charge >= 0.3 is 6.18 Å². The van der Waals surface area contributed by atoms with Gasteiger partial charge in [0.25, 0.3) is 0 Å². The molecule has 0 aromatic heterocycles. The molecule has 0 heterocycles. The number of hydroxylamine groups is 1. The van der Waals surface area contributed by atoms with E-state index in [9.17, 15) is 22.4 Å². The minimum absolute atomic E-state index is 0.332. The predicted octanol–water partition coefficient (Wildman–Crippen LogP) is 1.85. The first-order valence-corrected chi connectivity index (χ1v) is 4.83. The Morgan fingerprint density at radius 1 is 1.22 bits per heavy atom. The zero-order valence-electron chi connectivity index (χ0n) is 9.05. The van der Waals surface area contributed by atoms with Crippen molar-refractivity contribution in [2.24, 2.45) is 0 Å². The summed E-state index contributed by atoms with van der Waals surface area (Å²) in [5.41, 5.74) is 2.20. The first-order valence-electron chi connectivity index (χ1n) is 4.83. The number of carbonyl (C=O) groups is 1. The summed E-state index contributed by atoms with van der Waals surface area (Å²) in [5.74, 6) is -1.07. The number of anilines is 1. The average molecular weight is 266 g/mol. The van der Waals surface area contributed by atoms with Crippen LogP contribution in [0.3, 0.4) is 0 Å². The molecule has 8 heteroatoms. The number of alkyl halides is 3. The van der Waals surface area contributed by atoms with Gasteiger partial charge in [-0.2, -0.15) is 18.7 Å². The molecule has 1 aromatic carbocycles. The normalized spacial score (nSPS) is 11.3. The van der Waals surface area contributed by atoms with Crippen LogP contribution < -0.4 is 10.8 Å². The molecule has 1 rings (SSSR count). The second-order valence-electron chi connectivity index (χ2n) is 3.28. The van der Waals surface area contributed by atoms with Crippen LogP contribution in [0.15, 0.2) is 24.3 Å². The van der Waals surface area contributed by atoms with Crippen molar-refractivity contribution in [3.05, 3.63) is 30.1 Å². The van der Waals surface area contributed by atoms with Crippen molar-refractivity contribution in [1.82, 2.24) is 5.48 Å². The highest BCUT2D eigenvalue weighted by molar-refractivity contribution is 5.92. The Hall–Kier alpha value is -1.67. The maximum atomic E-state index is 12.5. The van der Waals surface area contributed by atoms with E-state index >= 15 is 0 Å². The molecule has 0 radical (unpaired) electrons. The van der Waals surface area contributed by atoms with E-state index in [0.29, 0.717) is 5.69 Å². The fourth-order valence-corrected chi connectivity index (χ4v) is 0.988. The Bertz CT molecular complexity index is 392. The molecular formula is C10H10F4N2O2. The topological polar surface area (TPSA) is 50.4 Å². The summed E-state index contributed by atoms with van der Waals surface area (Å²) >= 11 is 0. The summed E-state index contributed by atoms with van der Waals surface area (Å²) in [6.45, 7) is -1.94. The van der Waals surface area contributed by atoms with Crippen LogP contribution in [0.25, 0.3) is 0 Å². The average Bonchev–Trinajstić information content (AvgIpc) is 2.26. The van der Waals surface area contributed by atoms with E-state index in [1.165, 1.54) is 12.1 Å².